The molecule has 1 rings (SSSR count). The number of hydrogen-bond donors (Lipinski definition) is 2. The first-order valence-corrected chi connectivity index (χ1v) is 4.66. The molecule has 1 saturated carbocycles. The lowest BCUT2D eigenvalue weighted by Gasteiger charge is -2.24. The summed E-state index contributed by atoms with van der Waals surface area (Å²) in [5, 5.41) is 11.7. The van der Waals surface area contributed by atoms with E-state index in [1.54, 1.807) is 6.92 Å². The molecule has 0 aromatic rings. The van der Waals surface area contributed by atoms with Crippen LogP contribution in [0.4, 0.5) is 0 Å². The van der Waals surface area contributed by atoms with Gasteiger partial charge in [0.05, 0.1) is 6.10 Å². The summed E-state index contributed by atoms with van der Waals surface area (Å²) in [7, 11) is 0. The minimum absolute atomic E-state index is 0.168. The highest BCUT2D eigenvalue weighted by molar-refractivity contribution is 5.79. The quantitative estimate of drug-likeness (QED) is 0.653. The summed E-state index contributed by atoms with van der Waals surface area (Å²) in [5.41, 5.74) is 0. The Morgan fingerprint density at radius 3 is 2.75 bits per heavy atom. The van der Waals surface area contributed by atoms with Crippen LogP contribution in [0.15, 0.2) is 0 Å². The number of amides is 1. The van der Waals surface area contributed by atoms with Gasteiger partial charge < -0.3 is 10.4 Å². The summed E-state index contributed by atoms with van der Waals surface area (Å²) in [4.78, 5) is 11.2. The Morgan fingerprint density at radius 1 is 1.67 bits per heavy atom. The standard InChI is InChI=1S/C9H17NO2/c1-7(11)5-6-10-9(12)8-3-2-4-8/h7-8,11H,2-6H2,1H3,(H,10,12). The second-order valence-corrected chi connectivity index (χ2v) is 3.56. The van der Waals surface area contributed by atoms with E-state index in [1.807, 2.05) is 0 Å². The molecule has 1 fully saturated rings. The van der Waals surface area contributed by atoms with Gasteiger partial charge in [-0.05, 0) is 26.2 Å². The minimum Gasteiger partial charge on any atom is -0.393 e. The van der Waals surface area contributed by atoms with Crippen LogP contribution in [0.3, 0.4) is 0 Å². The van der Waals surface area contributed by atoms with Gasteiger partial charge in [-0.15, -0.1) is 0 Å². The van der Waals surface area contributed by atoms with E-state index < -0.39 is 0 Å². The Hall–Kier alpha value is -0.570. The molecule has 0 aromatic heterocycles. The Kier molecular flexibility index (Phi) is 3.53. The molecule has 12 heavy (non-hydrogen) atoms. The van der Waals surface area contributed by atoms with Crippen molar-refractivity contribution in [2.75, 3.05) is 6.54 Å². The summed E-state index contributed by atoms with van der Waals surface area (Å²) in [5.74, 6) is 0.431. The number of carbonyl (C=O) groups excluding carboxylic acids is 1. The van der Waals surface area contributed by atoms with E-state index in [-0.39, 0.29) is 17.9 Å². The van der Waals surface area contributed by atoms with Gasteiger partial charge in [-0.1, -0.05) is 6.42 Å². The predicted molar refractivity (Wildman–Crippen MR) is 46.6 cm³/mol. The topological polar surface area (TPSA) is 49.3 Å². The lowest BCUT2D eigenvalue weighted by Crippen LogP contribution is -2.35. The first-order chi connectivity index (χ1) is 5.70. The molecule has 3 heteroatoms. The van der Waals surface area contributed by atoms with Crippen molar-refractivity contribution < 1.29 is 9.90 Å². The predicted octanol–water partition coefficient (Wildman–Crippen LogP) is 0.674. The molecule has 2 N–H and O–H groups in total. The molecule has 0 saturated heterocycles. The average molecular weight is 171 g/mol. The molecule has 70 valence electrons. The molecule has 1 aliphatic carbocycles. The van der Waals surface area contributed by atoms with Crippen molar-refractivity contribution in [1.29, 1.82) is 0 Å². The number of aliphatic hydroxyl groups is 1. The normalized spacial score (nSPS) is 19.8. The molecular weight excluding hydrogens is 154 g/mol. The SMILES string of the molecule is CC(O)CCNC(=O)C1CCC1. The van der Waals surface area contributed by atoms with Crippen molar-refractivity contribution in [1.82, 2.24) is 5.32 Å². The third-order valence-electron chi connectivity index (χ3n) is 2.34. The van der Waals surface area contributed by atoms with Gasteiger partial charge in [-0.3, -0.25) is 4.79 Å². The van der Waals surface area contributed by atoms with E-state index in [0.29, 0.717) is 13.0 Å². The van der Waals surface area contributed by atoms with Gasteiger partial charge in [0.2, 0.25) is 5.91 Å². The van der Waals surface area contributed by atoms with Gasteiger partial charge in [0.25, 0.3) is 0 Å². The molecule has 1 aliphatic rings. The molecule has 1 unspecified atom stereocenters. The van der Waals surface area contributed by atoms with Crippen molar-refractivity contribution in [3.8, 4) is 0 Å². The molecule has 0 spiro atoms. The van der Waals surface area contributed by atoms with Crippen LogP contribution < -0.4 is 5.32 Å². The second-order valence-electron chi connectivity index (χ2n) is 3.56. The van der Waals surface area contributed by atoms with Crippen LogP contribution >= 0.6 is 0 Å². The first-order valence-electron chi connectivity index (χ1n) is 4.66. The maximum Gasteiger partial charge on any atom is 0.223 e. The number of hydrogen-bond acceptors (Lipinski definition) is 2. The fraction of sp³-hybridized carbons (Fsp3) is 0.889. The highest BCUT2D eigenvalue weighted by atomic mass is 16.3. The number of carbonyl (C=O) groups is 1. The summed E-state index contributed by atoms with van der Waals surface area (Å²) in [6.07, 6.45) is 3.61. The Balaban J connectivity index is 2.02. The largest absolute Gasteiger partial charge is 0.393 e. The van der Waals surface area contributed by atoms with Crippen molar-refractivity contribution in [3.63, 3.8) is 0 Å². The Morgan fingerprint density at radius 2 is 2.33 bits per heavy atom. The highest BCUT2D eigenvalue weighted by Crippen LogP contribution is 2.25. The average Bonchev–Trinajstić information content (AvgIpc) is 1.81. The highest BCUT2D eigenvalue weighted by Gasteiger charge is 2.24. The van der Waals surface area contributed by atoms with Gasteiger partial charge in [0, 0.05) is 12.5 Å². The van der Waals surface area contributed by atoms with Crippen molar-refractivity contribution in [3.05, 3.63) is 0 Å². The maximum absolute atomic E-state index is 11.2. The Labute approximate surface area is 73.2 Å². The molecule has 0 heterocycles. The van der Waals surface area contributed by atoms with E-state index in [2.05, 4.69) is 5.32 Å². The minimum atomic E-state index is -0.313. The number of rotatable bonds is 4. The fourth-order valence-electron chi connectivity index (χ4n) is 1.22. The maximum atomic E-state index is 11.2. The third kappa shape index (κ3) is 2.81. The fourth-order valence-corrected chi connectivity index (χ4v) is 1.22. The van der Waals surface area contributed by atoms with Gasteiger partial charge in [0.1, 0.15) is 0 Å². The molecule has 1 amide bonds. The molecular formula is C9H17NO2. The smallest absolute Gasteiger partial charge is 0.223 e. The van der Waals surface area contributed by atoms with Crippen LogP contribution in [0.1, 0.15) is 32.6 Å². The molecule has 0 bridgehead atoms. The summed E-state index contributed by atoms with van der Waals surface area (Å²) in [6.45, 7) is 2.34. The van der Waals surface area contributed by atoms with E-state index in [0.717, 1.165) is 12.8 Å². The van der Waals surface area contributed by atoms with Gasteiger partial charge in [-0.25, -0.2) is 0 Å². The number of aliphatic hydroxyl groups excluding tert-OH is 1. The lowest BCUT2D eigenvalue weighted by atomic mass is 9.85. The first kappa shape index (κ1) is 9.52. The zero-order chi connectivity index (χ0) is 8.97. The Bertz CT molecular complexity index is 153. The number of nitrogens with one attached hydrogen (secondary N) is 1. The van der Waals surface area contributed by atoms with Crippen LogP contribution in [0, 0.1) is 5.92 Å². The van der Waals surface area contributed by atoms with Crippen molar-refractivity contribution >= 4 is 5.91 Å². The van der Waals surface area contributed by atoms with E-state index in [4.69, 9.17) is 5.11 Å². The van der Waals surface area contributed by atoms with E-state index >= 15 is 0 Å². The van der Waals surface area contributed by atoms with Crippen LogP contribution in [0.5, 0.6) is 0 Å². The van der Waals surface area contributed by atoms with E-state index in [9.17, 15) is 4.79 Å². The molecule has 3 nitrogen and oxygen atoms in total. The monoisotopic (exact) mass is 171 g/mol. The zero-order valence-electron chi connectivity index (χ0n) is 7.55. The lowest BCUT2D eigenvalue weighted by molar-refractivity contribution is -0.127. The van der Waals surface area contributed by atoms with Crippen LogP contribution in [0.25, 0.3) is 0 Å². The van der Waals surface area contributed by atoms with Crippen LogP contribution in [-0.2, 0) is 4.79 Å². The molecule has 1 atom stereocenters. The zero-order valence-corrected chi connectivity index (χ0v) is 7.55. The van der Waals surface area contributed by atoms with E-state index in [1.165, 1.54) is 6.42 Å². The second kappa shape index (κ2) is 4.45. The van der Waals surface area contributed by atoms with Crippen LogP contribution in [0.2, 0.25) is 0 Å². The van der Waals surface area contributed by atoms with Crippen molar-refractivity contribution in [2.45, 2.75) is 38.7 Å². The van der Waals surface area contributed by atoms with Gasteiger partial charge in [-0.2, -0.15) is 0 Å². The molecule has 0 aromatic carbocycles. The third-order valence-corrected chi connectivity index (χ3v) is 2.34. The summed E-state index contributed by atoms with van der Waals surface area (Å²) >= 11 is 0. The summed E-state index contributed by atoms with van der Waals surface area (Å²) in [6, 6.07) is 0. The van der Waals surface area contributed by atoms with Gasteiger partial charge >= 0.3 is 0 Å². The molecule has 0 aliphatic heterocycles. The van der Waals surface area contributed by atoms with Crippen molar-refractivity contribution in [2.24, 2.45) is 5.92 Å². The van der Waals surface area contributed by atoms with Gasteiger partial charge in [0.15, 0.2) is 0 Å². The van der Waals surface area contributed by atoms with Crippen LogP contribution in [-0.4, -0.2) is 23.7 Å². The molecule has 0 radical (unpaired) electrons. The summed E-state index contributed by atoms with van der Waals surface area (Å²) < 4.78 is 0.